The molecular weight excluding hydrogens is 494 g/mol. The second-order valence-corrected chi connectivity index (χ2v) is 9.38. The topological polar surface area (TPSA) is 129 Å². The lowest BCUT2D eigenvalue weighted by Crippen LogP contribution is -2.53. The Kier molecular flexibility index (Phi) is 9.56. The lowest BCUT2D eigenvalue weighted by Gasteiger charge is -2.29. The van der Waals surface area contributed by atoms with Crippen LogP contribution >= 0.6 is 0 Å². The van der Waals surface area contributed by atoms with Crippen LogP contribution in [0.25, 0.3) is 10.4 Å². The zero-order valence-corrected chi connectivity index (χ0v) is 22.0. The molecule has 0 aromatic heterocycles. The fourth-order valence-electron chi connectivity index (χ4n) is 4.54. The van der Waals surface area contributed by atoms with E-state index < -0.39 is 11.6 Å². The molecule has 3 aromatic rings. The molecule has 39 heavy (non-hydrogen) atoms. The second kappa shape index (κ2) is 13.5. The van der Waals surface area contributed by atoms with Crippen LogP contribution in [0.2, 0.25) is 0 Å². The maximum Gasteiger partial charge on any atom is 0.252 e. The number of aliphatic hydroxyl groups excluding tert-OH is 1. The van der Waals surface area contributed by atoms with Gasteiger partial charge in [0.15, 0.2) is 5.54 Å². The number of rotatable bonds is 13. The highest BCUT2D eigenvalue weighted by Gasteiger charge is 2.50. The summed E-state index contributed by atoms with van der Waals surface area (Å²) in [7, 11) is 0. The summed E-state index contributed by atoms with van der Waals surface area (Å²) in [5.41, 5.74) is 11.2. The summed E-state index contributed by atoms with van der Waals surface area (Å²) >= 11 is 0. The van der Waals surface area contributed by atoms with Crippen LogP contribution < -0.4 is 10.1 Å². The van der Waals surface area contributed by atoms with Crippen molar-refractivity contribution in [1.82, 2.24) is 5.32 Å². The van der Waals surface area contributed by atoms with Gasteiger partial charge in [0.05, 0.1) is 13.2 Å². The third-order valence-corrected chi connectivity index (χ3v) is 6.75. The molecule has 9 heteroatoms. The van der Waals surface area contributed by atoms with Gasteiger partial charge in [0, 0.05) is 36.5 Å². The first-order valence-electron chi connectivity index (χ1n) is 13.1. The monoisotopic (exact) mass is 527 g/mol. The molecule has 4 rings (SSSR count). The Balaban J connectivity index is 1.61. The molecule has 2 atom stereocenters. The summed E-state index contributed by atoms with van der Waals surface area (Å²) in [6.07, 6.45) is 0.990. The zero-order chi connectivity index (χ0) is 27.5. The molecule has 0 spiro atoms. The minimum atomic E-state index is -1.21. The molecular formula is C30H33N5O4. The van der Waals surface area contributed by atoms with Crippen molar-refractivity contribution in [3.05, 3.63) is 112 Å². The van der Waals surface area contributed by atoms with Crippen molar-refractivity contribution in [3.8, 4) is 5.75 Å². The van der Waals surface area contributed by atoms with Gasteiger partial charge in [0.1, 0.15) is 11.9 Å². The number of nitrogens with zero attached hydrogens (tertiary/aromatic N) is 4. The quantitative estimate of drug-likeness (QED) is 0.144. The summed E-state index contributed by atoms with van der Waals surface area (Å²) in [4.78, 5) is 21.7. The molecule has 0 saturated heterocycles. The van der Waals surface area contributed by atoms with Gasteiger partial charge in [-0.3, -0.25) is 4.79 Å². The molecule has 0 saturated carbocycles. The van der Waals surface area contributed by atoms with Crippen molar-refractivity contribution in [2.24, 2.45) is 10.1 Å². The van der Waals surface area contributed by atoms with Crippen molar-refractivity contribution in [2.45, 2.75) is 44.4 Å². The number of azide groups is 1. The number of carbonyl (C=O) groups is 1. The van der Waals surface area contributed by atoms with Crippen molar-refractivity contribution in [1.29, 1.82) is 0 Å². The molecule has 3 aromatic carbocycles. The first kappa shape index (κ1) is 27.7. The predicted octanol–water partition coefficient (Wildman–Crippen LogP) is 4.76. The molecule has 202 valence electrons. The molecule has 1 aliphatic rings. The summed E-state index contributed by atoms with van der Waals surface area (Å²) in [5, 5.41) is 15.8. The van der Waals surface area contributed by atoms with Gasteiger partial charge in [-0.15, -0.1) is 0 Å². The highest BCUT2D eigenvalue weighted by molar-refractivity contribution is 6.01. The van der Waals surface area contributed by atoms with E-state index in [0.717, 1.165) is 22.3 Å². The van der Waals surface area contributed by atoms with Crippen LogP contribution in [-0.2, 0) is 28.9 Å². The fraction of sp³-hybridized carbons (Fsp3) is 0.333. The Morgan fingerprint density at radius 2 is 1.82 bits per heavy atom. The smallest absolute Gasteiger partial charge is 0.252 e. The van der Waals surface area contributed by atoms with Crippen molar-refractivity contribution < 1.29 is 19.4 Å². The number of carbonyl (C=O) groups excluding carboxylic acids is 1. The summed E-state index contributed by atoms with van der Waals surface area (Å²) in [6, 6.07) is 24.9. The highest BCUT2D eigenvalue weighted by atomic mass is 16.5. The van der Waals surface area contributed by atoms with Crippen molar-refractivity contribution in [2.75, 3.05) is 19.8 Å². The van der Waals surface area contributed by atoms with E-state index in [2.05, 4.69) is 15.3 Å². The summed E-state index contributed by atoms with van der Waals surface area (Å²) in [5.74, 6) is 0.842. The van der Waals surface area contributed by atoms with E-state index >= 15 is 0 Å². The first-order chi connectivity index (χ1) is 19.1. The molecule has 0 bridgehead atoms. The van der Waals surface area contributed by atoms with Crippen LogP contribution in [0.4, 0.5) is 0 Å². The van der Waals surface area contributed by atoms with E-state index in [0.29, 0.717) is 37.6 Å². The van der Waals surface area contributed by atoms with Crippen LogP contribution in [-0.4, -0.2) is 48.3 Å². The van der Waals surface area contributed by atoms with Gasteiger partial charge in [-0.05, 0) is 59.8 Å². The van der Waals surface area contributed by atoms with Crippen LogP contribution in [0.3, 0.4) is 0 Å². The van der Waals surface area contributed by atoms with E-state index in [4.69, 9.17) is 25.1 Å². The molecule has 0 unspecified atom stereocenters. The minimum Gasteiger partial charge on any atom is -0.494 e. The number of aliphatic hydroxyl groups is 1. The molecule has 2 N–H and O–H groups in total. The van der Waals surface area contributed by atoms with Crippen molar-refractivity contribution >= 4 is 11.8 Å². The van der Waals surface area contributed by atoms with Gasteiger partial charge in [-0.2, -0.15) is 0 Å². The Hall–Kier alpha value is -4.33. The summed E-state index contributed by atoms with van der Waals surface area (Å²) < 4.78 is 11.8. The SMILES string of the molecule is C[C@H]1OC(c2ccc(OCCCO)cc2)=N[C@@]1(Cc1ccccc1CN=[N+]=[N-])C(=O)NCCc1ccccc1. The Labute approximate surface area is 228 Å². The van der Waals surface area contributed by atoms with Gasteiger partial charge < -0.3 is 19.9 Å². The first-order valence-corrected chi connectivity index (χ1v) is 13.1. The molecule has 1 heterocycles. The lowest BCUT2D eigenvalue weighted by atomic mass is 9.84. The maximum atomic E-state index is 13.9. The number of ether oxygens (including phenoxy) is 2. The molecule has 1 aliphatic heterocycles. The average Bonchev–Trinajstić information content (AvgIpc) is 3.30. The van der Waals surface area contributed by atoms with Gasteiger partial charge in [0.25, 0.3) is 5.91 Å². The summed E-state index contributed by atoms with van der Waals surface area (Å²) in [6.45, 7) is 2.99. The van der Waals surface area contributed by atoms with Crippen LogP contribution in [0.15, 0.2) is 89.0 Å². The van der Waals surface area contributed by atoms with Crippen molar-refractivity contribution in [3.63, 3.8) is 0 Å². The molecule has 1 amide bonds. The fourth-order valence-corrected chi connectivity index (χ4v) is 4.54. The number of hydrogen-bond donors (Lipinski definition) is 2. The minimum absolute atomic E-state index is 0.0715. The predicted molar refractivity (Wildman–Crippen MR) is 150 cm³/mol. The number of hydrogen-bond acceptors (Lipinski definition) is 6. The van der Waals surface area contributed by atoms with E-state index in [9.17, 15) is 4.79 Å². The average molecular weight is 528 g/mol. The van der Waals surface area contributed by atoms with Gasteiger partial charge in [-0.25, -0.2) is 4.99 Å². The standard InChI is InChI=1S/C30H33N5O4/c1-22-30(20-25-10-5-6-11-26(25)21-33-35-31,29(37)32-17-16-23-8-3-2-4-9-23)34-28(39-22)24-12-14-27(15-13-24)38-19-7-18-36/h2-6,8-15,22,36H,7,16-21H2,1H3,(H,32,37)/t22-,30-/m1/s1. The van der Waals surface area contributed by atoms with E-state index in [1.165, 1.54) is 0 Å². The third kappa shape index (κ3) is 6.96. The van der Waals surface area contributed by atoms with Crippen LogP contribution in [0, 0.1) is 0 Å². The number of nitrogens with one attached hydrogen (secondary N) is 1. The zero-order valence-electron chi connectivity index (χ0n) is 22.0. The maximum absolute atomic E-state index is 13.9. The van der Waals surface area contributed by atoms with E-state index in [-0.39, 0.29) is 25.5 Å². The van der Waals surface area contributed by atoms with Gasteiger partial charge in [0.2, 0.25) is 5.90 Å². The highest BCUT2D eigenvalue weighted by Crippen LogP contribution is 2.34. The Morgan fingerprint density at radius 1 is 1.10 bits per heavy atom. The number of aliphatic imine (C=N–C) groups is 1. The van der Waals surface area contributed by atoms with E-state index in [1.54, 1.807) is 0 Å². The Bertz CT molecular complexity index is 1320. The number of amides is 1. The molecule has 0 fully saturated rings. The Morgan fingerprint density at radius 3 is 2.54 bits per heavy atom. The number of benzene rings is 3. The van der Waals surface area contributed by atoms with Gasteiger partial charge in [-0.1, -0.05) is 59.7 Å². The third-order valence-electron chi connectivity index (χ3n) is 6.75. The van der Waals surface area contributed by atoms with Crippen LogP contribution in [0.1, 0.15) is 35.6 Å². The molecule has 9 nitrogen and oxygen atoms in total. The largest absolute Gasteiger partial charge is 0.494 e. The van der Waals surface area contributed by atoms with Crippen LogP contribution in [0.5, 0.6) is 5.75 Å². The normalized spacial score (nSPS) is 18.0. The molecule has 0 radical (unpaired) electrons. The molecule has 0 aliphatic carbocycles. The lowest BCUT2D eigenvalue weighted by molar-refractivity contribution is -0.128. The second-order valence-electron chi connectivity index (χ2n) is 9.38. The van der Waals surface area contributed by atoms with E-state index in [1.807, 2.05) is 85.8 Å². The van der Waals surface area contributed by atoms with Gasteiger partial charge >= 0.3 is 0 Å².